The fraction of sp³-hybridized carbons (Fsp3) is 0.0833. The van der Waals surface area contributed by atoms with Gasteiger partial charge in [0.15, 0.2) is 0 Å². The average Bonchev–Trinajstić information content (AvgIpc) is 3.46. The van der Waals surface area contributed by atoms with Crippen molar-refractivity contribution < 1.29 is 0 Å². The van der Waals surface area contributed by atoms with Gasteiger partial charge in [0, 0.05) is 34.1 Å². The Morgan fingerprint density at radius 3 is 2.23 bits per heavy atom. The molecule has 1 aliphatic rings. The Balaban J connectivity index is 1.23. The minimum Gasteiger partial charge on any atom is -0.294 e. The summed E-state index contributed by atoms with van der Waals surface area (Å²) in [6.45, 7) is 4.62. The molecule has 4 heterocycles. The molecule has 0 spiro atoms. The lowest BCUT2D eigenvalue weighted by atomic mass is 9.82. The largest absolute Gasteiger partial charge is 0.294 e. The molecule has 1 aliphatic carbocycles. The van der Waals surface area contributed by atoms with Crippen molar-refractivity contribution in [2.75, 3.05) is 0 Å². The van der Waals surface area contributed by atoms with Gasteiger partial charge in [0.2, 0.25) is 0 Å². The zero-order valence-electron chi connectivity index (χ0n) is 22.3. The first-order valence-electron chi connectivity index (χ1n) is 13.6. The van der Waals surface area contributed by atoms with Gasteiger partial charge in [0.25, 0.3) is 0 Å². The SMILES string of the molecule is CC1(C)c2ccccc2-c2ccc(-c3cccc(-c4cccc(-n5c6ccccc6c6cnccc65)n4)n3)cc21. The van der Waals surface area contributed by atoms with E-state index in [1.165, 1.54) is 27.6 Å². The zero-order chi connectivity index (χ0) is 26.8. The lowest BCUT2D eigenvalue weighted by Gasteiger charge is -2.21. The van der Waals surface area contributed by atoms with E-state index in [1.807, 2.05) is 24.5 Å². The molecule has 0 unspecified atom stereocenters. The van der Waals surface area contributed by atoms with Crippen molar-refractivity contribution in [2.24, 2.45) is 0 Å². The molecular formula is C36H26N4. The van der Waals surface area contributed by atoms with E-state index in [1.54, 1.807) is 0 Å². The van der Waals surface area contributed by atoms with Gasteiger partial charge in [-0.3, -0.25) is 9.55 Å². The summed E-state index contributed by atoms with van der Waals surface area (Å²) < 4.78 is 2.21. The average molecular weight is 515 g/mol. The molecule has 0 amide bonds. The van der Waals surface area contributed by atoms with Gasteiger partial charge >= 0.3 is 0 Å². The monoisotopic (exact) mass is 514 g/mol. The molecule has 0 radical (unpaired) electrons. The number of pyridine rings is 3. The third-order valence-corrected chi connectivity index (χ3v) is 8.33. The summed E-state index contributed by atoms with van der Waals surface area (Å²) in [4.78, 5) is 14.6. The van der Waals surface area contributed by atoms with Crippen LogP contribution in [0.5, 0.6) is 0 Å². The van der Waals surface area contributed by atoms with E-state index in [9.17, 15) is 0 Å². The summed E-state index contributed by atoms with van der Waals surface area (Å²) in [5.41, 5.74) is 11.3. The van der Waals surface area contributed by atoms with E-state index in [0.29, 0.717) is 0 Å². The minimum atomic E-state index is -0.0483. The van der Waals surface area contributed by atoms with Crippen molar-refractivity contribution in [1.82, 2.24) is 19.5 Å². The van der Waals surface area contributed by atoms with Crippen LogP contribution in [-0.2, 0) is 5.41 Å². The maximum absolute atomic E-state index is 5.11. The van der Waals surface area contributed by atoms with Gasteiger partial charge < -0.3 is 0 Å². The number of aromatic nitrogens is 4. The molecule has 4 aromatic heterocycles. The van der Waals surface area contributed by atoms with Crippen LogP contribution in [0.3, 0.4) is 0 Å². The van der Waals surface area contributed by atoms with Crippen molar-refractivity contribution in [3.05, 3.63) is 133 Å². The van der Waals surface area contributed by atoms with Crippen LogP contribution in [-0.4, -0.2) is 19.5 Å². The smallest absolute Gasteiger partial charge is 0.138 e. The lowest BCUT2D eigenvalue weighted by Crippen LogP contribution is -2.14. The summed E-state index contributed by atoms with van der Waals surface area (Å²) in [7, 11) is 0. The highest BCUT2D eigenvalue weighted by Gasteiger charge is 2.35. The van der Waals surface area contributed by atoms with Gasteiger partial charge in [-0.15, -0.1) is 0 Å². The van der Waals surface area contributed by atoms with Crippen LogP contribution in [0.25, 0.3) is 61.4 Å². The van der Waals surface area contributed by atoms with Gasteiger partial charge in [0.05, 0.1) is 28.1 Å². The zero-order valence-corrected chi connectivity index (χ0v) is 22.3. The number of fused-ring (bicyclic) bond motifs is 6. The molecular weight excluding hydrogens is 488 g/mol. The molecule has 0 bridgehead atoms. The van der Waals surface area contributed by atoms with Crippen molar-refractivity contribution >= 4 is 21.8 Å². The van der Waals surface area contributed by atoms with Gasteiger partial charge in [-0.05, 0) is 64.7 Å². The van der Waals surface area contributed by atoms with Gasteiger partial charge in [-0.1, -0.05) is 80.6 Å². The standard InChI is InChI=1S/C36H26N4/c1-36(2)28-11-5-3-9-24(28)25-18-17-23(21-29(25)36)30-12-7-13-31(38-30)32-14-8-16-35(39-32)40-33-15-6-4-10-26(33)27-22-37-20-19-34(27)40/h3-22H,1-2H3. The Kier molecular flexibility index (Phi) is 4.83. The molecule has 7 aromatic rings. The number of benzene rings is 3. The third-order valence-electron chi connectivity index (χ3n) is 8.33. The van der Waals surface area contributed by atoms with Crippen molar-refractivity contribution in [2.45, 2.75) is 19.3 Å². The Hall–Kier alpha value is -5.09. The second-order valence-corrected chi connectivity index (χ2v) is 11.0. The number of hydrogen-bond donors (Lipinski definition) is 0. The molecule has 4 heteroatoms. The normalized spacial score (nSPS) is 13.4. The molecule has 0 saturated carbocycles. The number of para-hydroxylation sites is 1. The van der Waals surface area contributed by atoms with Gasteiger partial charge in [-0.2, -0.15) is 0 Å². The predicted molar refractivity (Wildman–Crippen MR) is 163 cm³/mol. The van der Waals surface area contributed by atoms with Crippen LogP contribution in [0.2, 0.25) is 0 Å². The first-order chi connectivity index (χ1) is 19.6. The topological polar surface area (TPSA) is 43.6 Å². The van der Waals surface area contributed by atoms with Gasteiger partial charge in [-0.25, -0.2) is 9.97 Å². The Labute approximate surface area is 232 Å². The molecule has 4 nitrogen and oxygen atoms in total. The van der Waals surface area contributed by atoms with E-state index in [-0.39, 0.29) is 5.41 Å². The molecule has 40 heavy (non-hydrogen) atoms. The highest BCUT2D eigenvalue weighted by Crippen LogP contribution is 2.49. The molecule has 190 valence electrons. The summed E-state index contributed by atoms with van der Waals surface area (Å²) in [6.07, 6.45) is 3.77. The van der Waals surface area contributed by atoms with Crippen molar-refractivity contribution in [3.63, 3.8) is 0 Å². The van der Waals surface area contributed by atoms with E-state index in [0.717, 1.165) is 44.9 Å². The summed E-state index contributed by atoms with van der Waals surface area (Å²) >= 11 is 0. The minimum absolute atomic E-state index is 0.0483. The maximum Gasteiger partial charge on any atom is 0.138 e. The fourth-order valence-electron chi connectivity index (χ4n) is 6.35. The second-order valence-electron chi connectivity index (χ2n) is 11.0. The quantitative estimate of drug-likeness (QED) is 0.237. The van der Waals surface area contributed by atoms with E-state index in [2.05, 4.69) is 120 Å². The highest BCUT2D eigenvalue weighted by atomic mass is 15.1. The van der Waals surface area contributed by atoms with E-state index >= 15 is 0 Å². The molecule has 0 aliphatic heterocycles. The molecule has 3 aromatic carbocycles. The molecule has 0 saturated heterocycles. The summed E-state index contributed by atoms with van der Waals surface area (Å²) in [5.74, 6) is 0.860. The van der Waals surface area contributed by atoms with Crippen LogP contribution in [0, 0.1) is 0 Å². The fourth-order valence-corrected chi connectivity index (χ4v) is 6.35. The maximum atomic E-state index is 5.11. The Bertz CT molecular complexity index is 2050. The number of nitrogens with zero attached hydrogens (tertiary/aromatic N) is 4. The van der Waals surface area contributed by atoms with Crippen LogP contribution in [0.1, 0.15) is 25.0 Å². The Morgan fingerprint density at radius 1 is 0.575 bits per heavy atom. The second kappa shape index (κ2) is 8.45. The Morgan fingerprint density at radius 2 is 1.30 bits per heavy atom. The molecule has 0 atom stereocenters. The van der Waals surface area contributed by atoms with E-state index < -0.39 is 0 Å². The molecule has 0 N–H and O–H groups in total. The van der Waals surface area contributed by atoms with Crippen LogP contribution in [0.4, 0.5) is 0 Å². The molecule has 8 rings (SSSR count). The third kappa shape index (κ3) is 3.29. The van der Waals surface area contributed by atoms with Crippen molar-refractivity contribution in [3.8, 4) is 39.6 Å². The number of hydrogen-bond acceptors (Lipinski definition) is 3. The van der Waals surface area contributed by atoms with Crippen LogP contribution in [0.15, 0.2) is 122 Å². The molecule has 0 fully saturated rings. The highest BCUT2D eigenvalue weighted by molar-refractivity contribution is 6.08. The first-order valence-corrected chi connectivity index (χ1v) is 13.6. The summed E-state index contributed by atoms with van der Waals surface area (Å²) in [6, 6.07) is 38.3. The lowest BCUT2D eigenvalue weighted by molar-refractivity contribution is 0.660. The predicted octanol–water partition coefficient (Wildman–Crippen LogP) is 8.61. The van der Waals surface area contributed by atoms with Crippen molar-refractivity contribution in [1.29, 1.82) is 0 Å². The van der Waals surface area contributed by atoms with Crippen LogP contribution < -0.4 is 0 Å². The van der Waals surface area contributed by atoms with E-state index in [4.69, 9.17) is 9.97 Å². The first kappa shape index (κ1) is 22.9. The summed E-state index contributed by atoms with van der Waals surface area (Å²) in [5, 5.41) is 2.28. The number of rotatable bonds is 3. The van der Waals surface area contributed by atoms with Crippen LogP contribution >= 0.6 is 0 Å². The van der Waals surface area contributed by atoms with Gasteiger partial charge in [0.1, 0.15) is 5.82 Å².